The maximum absolute atomic E-state index is 11.2. The van der Waals surface area contributed by atoms with Crippen molar-refractivity contribution in [2.75, 3.05) is 0 Å². The molecule has 4 aromatic carbocycles. The lowest BCUT2D eigenvalue weighted by molar-refractivity contribution is -0.385. The molecule has 4 aromatic rings. The standard InChI is InChI=1S/C19H22BrNO2.C13H21BO2.C6H3BrINO2/c1-2-3-4-5-6-7-15-8-10-16(11-9-15)18-13-12-17(20)14-19(18)21(22)23;1-2-3-4-5-6-7-12-8-10-13(11-9-12)14(15)16;7-4-1-2-5(8)6(3-4)9(10)11/h8-14H,2-7H2,1H3;8-11,15-16H,2-7H2,1H3;1-3H. The first-order valence-electron chi connectivity index (χ1n) is 17.0. The maximum atomic E-state index is 11.2. The second-order valence-corrected chi connectivity index (χ2v) is 14.9. The van der Waals surface area contributed by atoms with Crippen molar-refractivity contribution in [3.8, 4) is 11.1 Å². The molecule has 0 aliphatic carbocycles. The van der Waals surface area contributed by atoms with Crippen molar-refractivity contribution in [3.63, 3.8) is 0 Å². The van der Waals surface area contributed by atoms with Gasteiger partial charge in [-0.05, 0) is 94.7 Å². The van der Waals surface area contributed by atoms with E-state index in [1.54, 1.807) is 36.4 Å². The average molecular weight is 924 g/mol. The second kappa shape index (κ2) is 24.5. The number of nitrogens with zero attached hydrogens (tertiary/aromatic N) is 2. The summed E-state index contributed by atoms with van der Waals surface area (Å²) < 4.78 is 2.09. The van der Waals surface area contributed by atoms with E-state index in [1.807, 2.05) is 52.9 Å². The van der Waals surface area contributed by atoms with Crippen LogP contribution in [-0.2, 0) is 12.8 Å². The molecule has 0 unspecified atom stereocenters. The van der Waals surface area contributed by atoms with Gasteiger partial charge in [-0.2, -0.15) is 0 Å². The van der Waals surface area contributed by atoms with Crippen molar-refractivity contribution in [1.82, 2.24) is 0 Å². The number of aryl methyl sites for hydroxylation is 2. The SMILES string of the molecule is CCCCCCCc1ccc(-c2ccc(Br)cc2[N+](=O)[O-])cc1.CCCCCCCc1ccc(B(O)O)cc1.O=[N+]([O-])c1cc(Br)ccc1I. The van der Waals surface area contributed by atoms with E-state index < -0.39 is 12.0 Å². The number of unbranched alkanes of at least 4 members (excludes halogenated alkanes) is 8. The van der Waals surface area contributed by atoms with E-state index in [4.69, 9.17) is 10.0 Å². The third kappa shape index (κ3) is 16.6. The molecule has 0 amide bonds. The Morgan fingerprint density at radius 2 is 1.06 bits per heavy atom. The zero-order valence-electron chi connectivity index (χ0n) is 28.7. The first kappa shape index (κ1) is 43.5. The number of hydrogen-bond acceptors (Lipinski definition) is 6. The fraction of sp³-hybridized carbons (Fsp3) is 0.368. The van der Waals surface area contributed by atoms with Crippen molar-refractivity contribution in [3.05, 3.63) is 129 Å². The van der Waals surface area contributed by atoms with E-state index in [1.165, 1.54) is 81.4 Å². The molecule has 0 saturated carbocycles. The number of nitro groups is 2. The van der Waals surface area contributed by atoms with Gasteiger partial charge in [0.05, 0.1) is 19.0 Å². The zero-order chi connectivity index (χ0) is 36.9. The maximum Gasteiger partial charge on any atom is 0.488 e. The summed E-state index contributed by atoms with van der Waals surface area (Å²) in [4.78, 5) is 20.9. The molecule has 0 radical (unpaired) electrons. The highest BCUT2D eigenvalue weighted by Crippen LogP contribution is 2.32. The van der Waals surface area contributed by atoms with E-state index in [2.05, 4.69) is 57.8 Å². The van der Waals surface area contributed by atoms with Gasteiger partial charge in [-0.25, -0.2) is 0 Å². The topological polar surface area (TPSA) is 127 Å². The van der Waals surface area contributed by atoms with Gasteiger partial charge in [-0.1, -0.05) is 146 Å². The zero-order valence-corrected chi connectivity index (χ0v) is 34.0. The summed E-state index contributed by atoms with van der Waals surface area (Å²) in [6.45, 7) is 4.44. The van der Waals surface area contributed by atoms with E-state index in [0.717, 1.165) is 27.4 Å². The number of benzene rings is 4. The molecule has 268 valence electrons. The van der Waals surface area contributed by atoms with Crippen LogP contribution in [0.1, 0.15) is 89.2 Å². The summed E-state index contributed by atoms with van der Waals surface area (Å²) >= 11 is 8.38. The van der Waals surface area contributed by atoms with Crippen molar-refractivity contribution in [2.45, 2.75) is 90.9 Å². The predicted molar refractivity (Wildman–Crippen MR) is 221 cm³/mol. The quantitative estimate of drug-likeness (QED) is 0.0379. The van der Waals surface area contributed by atoms with Gasteiger partial charge in [-0.15, -0.1) is 0 Å². The fourth-order valence-corrected chi connectivity index (χ4v) is 6.33. The minimum atomic E-state index is -1.35. The average Bonchev–Trinajstić information content (AvgIpc) is 3.10. The van der Waals surface area contributed by atoms with Crippen LogP contribution >= 0.6 is 54.5 Å². The largest absolute Gasteiger partial charge is 0.488 e. The van der Waals surface area contributed by atoms with Crippen molar-refractivity contribution in [2.24, 2.45) is 0 Å². The molecule has 0 bridgehead atoms. The van der Waals surface area contributed by atoms with Gasteiger partial charge >= 0.3 is 7.12 Å². The van der Waals surface area contributed by atoms with Crippen LogP contribution in [0.5, 0.6) is 0 Å². The fourth-order valence-electron chi connectivity index (χ4n) is 5.10. The third-order valence-corrected chi connectivity index (χ3v) is 9.84. The molecule has 0 saturated heterocycles. The Balaban J connectivity index is 0.000000279. The number of halogens is 3. The molecule has 4 rings (SSSR count). The number of rotatable bonds is 16. The van der Waals surface area contributed by atoms with Gasteiger partial charge in [0.1, 0.15) is 0 Å². The molecule has 2 N–H and O–H groups in total. The molecule has 12 heteroatoms. The molecule has 0 aliphatic rings. The molecular formula is C38H46BBr2IN2O6. The summed E-state index contributed by atoms with van der Waals surface area (Å²) in [5.74, 6) is 0. The smallest absolute Gasteiger partial charge is 0.423 e. The van der Waals surface area contributed by atoms with Crippen LogP contribution in [0.15, 0.2) is 93.9 Å². The molecule has 8 nitrogen and oxygen atoms in total. The van der Waals surface area contributed by atoms with Crippen LogP contribution in [0.3, 0.4) is 0 Å². The minimum Gasteiger partial charge on any atom is -0.423 e. The Labute approximate surface area is 327 Å². The van der Waals surface area contributed by atoms with Crippen LogP contribution < -0.4 is 5.46 Å². The normalized spacial score (nSPS) is 10.4. The summed E-state index contributed by atoms with van der Waals surface area (Å²) in [6.07, 6.45) is 15.0. The van der Waals surface area contributed by atoms with E-state index >= 15 is 0 Å². The van der Waals surface area contributed by atoms with Crippen LogP contribution in [0.25, 0.3) is 11.1 Å². The van der Waals surface area contributed by atoms with E-state index in [9.17, 15) is 20.2 Å². The van der Waals surface area contributed by atoms with Gasteiger partial charge in [0.15, 0.2) is 0 Å². The Kier molecular flexibility index (Phi) is 21.3. The molecule has 50 heavy (non-hydrogen) atoms. The third-order valence-electron chi connectivity index (χ3n) is 7.94. The van der Waals surface area contributed by atoms with Gasteiger partial charge in [0, 0.05) is 21.1 Å². The minimum absolute atomic E-state index is 0.131. The Morgan fingerprint density at radius 3 is 1.50 bits per heavy atom. The number of nitro benzene ring substituents is 2. The monoisotopic (exact) mass is 922 g/mol. The molecule has 0 spiro atoms. The Hall–Kier alpha value is -2.65. The Bertz CT molecular complexity index is 1610. The highest BCUT2D eigenvalue weighted by Gasteiger charge is 2.16. The second-order valence-electron chi connectivity index (χ2n) is 11.9. The molecular weight excluding hydrogens is 878 g/mol. The Morgan fingerprint density at radius 1 is 0.620 bits per heavy atom. The van der Waals surface area contributed by atoms with E-state index in [0.29, 0.717) is 14.6 Å². The van der Waals surface area contributed by atoms with Crippen molar-refractivity contribution < 1.29 is 19.9 Å². The first-order chi connectivity index (χ1) is 24.0. The van der Waals surface area contributed by atoms with Crippen LogP contribution in [0.2, 0.25) is 0 Å². The summed E-state index contributed by atoms with van der Waals surface area (Å²) in [6, 6.07) is 25.8. The van der Waals surface area contributed by atoms with E-state index in [-0.39, 0.29) is 16.3 Å². The van der Waals surface area contributed by atoms with Gasteiger partial charge in [-0.3, -0.25) is 20.2 Å². The summed E-state index contributed by atoms with van der Waals surface area (Å²) in [5, 5.41) is 39.5. The lowest BCUT2D eigenvalue weighted by Gasteiger charge is -2.06. The predicted octanol–water partition coefficient (Wildman–Crippen LogP) is 11.4. The first-order valence-corrected chi connectivity index (χ1v) is 19.7. The summed E-state index contributed by atoms with van der Waals surface area (Å²) in [5.41, 5.74) is 4.96. The molecule has 0 heterocycles. The van der Waals surface area contributed by atoms with Crippen LogP contribution in [-0.4, -0.2) is 27.0 Å². The highest BCUT2D eigenvalue weighted by molar-refractivity contribution is 14.1. The lowest BCUT2D eigenvalue weighted by atomic mass is 9.80. The molecule has 0 aliphatic heterocycles. The van der Waals surface area contributed by atoms with Crippen molar-refractivity contribution >= 4 is 78.4 Å². The molecule has 0 fully saturated rings. The molecule has 0 aromatic heterocycles. The van der Waals surface area contributed by atoms with Gasteiger partial charge in [0.2, 0.25) is 0 Å². The van der Waals surface area contributed by atoms with Crippen LogP contribution in [0.4, 0.5) is 11.4 Å². The summed E-state index contributed by atoms with van der Waals surface area (Å²) in [7, 11) is -1.35. The lowest BCUT2D eigenvalue weighted by Crippen LogP contribution is -2.29. The number of hydrogen-bond donors (Lipinski definition) is 2. The van der Waals surface area contributed by atoms with Crippen molar-refractivity contribution in [1.29, 1.82) is 0 Å². The van der Waals surface area contributed by atoms with Gasteiger partial charge in [0.25, 0.3) is 11.4 Å². The highest BCUT2D eigenvalue weighted by atomic mass is 127. The van der Waals surface area contributed by atoms with Gasteiger partial charge < -0.3 is 10.0 Å². The molecule has 0 atom stereocenters. The van der Waals surface area contributed by atoms with Crippen LogP contribution in [0, 0.1) is 23.8 Å².